The number of furan rings is 1. The van der Waals surface area contributed by atoms with Crippen LogP contribution in [-0.2, 0) is 9.53 Å². The predicted molar refractivity (Wildman–Crippen MR) is 73.9 cm³/mol. The molecule has 0 saturated heterocycles. The first-order chi connectivity index (χ1) is 9.69. The molecule has 0 radical (unpaired) electrons. The molecule has 0 aliphatic carbocycles. The number of nitrogens with one attached hydrogen (secondary N) is 1. The van der Waals surface area contributed by atoms with Crippen LogP contribution in [0.25, 0.3) is 0 Å². The standard InChI is InChI=1S/C11H11N3O4S2/c1-2-19-11-14-13-10(20-11)12-8(15)6-18-9(16)7-4-3-5-17-7/h3-5H,2,6H2,1H3,(H,12,13,15). The number of esters is 1. The minimum absolute atomic E-state index is 0.0512. The number of ether oxygens (including phenoxy) is 1. The summed E-state index contributed by atoms with van der Waals surface area (Å²) in [7, 11) is 0. The van der Waals surface area contributed by atoms with Gasteiger partial charge in [0, 0.05) is 0 Å². The highest BCUT2D eigenvalue weighted by molar-refractivity contribution is 8.01. The van der Waals surface area contributed by atoms with Crippen LogP contribution < -0.4 is 5.32 Å². The molecule has 2 aromatic rings. The van der Waals surface area contributed by atoms with E-state index in [-0.39, 0.29) is 5.76 Å². The highest BCUT2D eigenvalue weighted by atomic mass is 32.2. The molecular weight excluding hydrogens is 302 g/mol. The molecule has 0 aromatic carbocycles. The third-order valence-corrected chi connectivity index (χ3v) is 3.83. The van der Waals surface area contributed by atoms with Gasteiger partial charge in [0.15, 0.2) is 10.9 Å². The molecule has 2 heterocycles. The summed E-state index contributed by atoms with van der Waals surface area (Å²) in [6, 6.07) is 3.02. The number of nitrogens with zero attached hydrogens (tertiary/aromatic N) is 2. The molecule has 1 N–H and O–H groups in total. The molecule has 0 fully saturated rings. The summed E-state index contributed by atoms with van der Waals surface area (Å²) in [5.74, 6) is -0.238. The van der Waals surface area contributed by atoms with Crippen LogP contribution in [0.4, 0.5) is 5.13 Å². The first-order valence-corrected chi connectivity index (χ1v) is 7.46. The van der Waals surface area contributed by atoms with E-state index >= 15 is 0 Å². The van der Waals surface area contributed by atoms with Gasteiger partial charge in [0.25, 0.3) is 5.91 Å². The van der Waals surface area contributed by atoms with Crippen molar-refractivity contribution in [2.24, 2.45) is 0 Å². The van der Waals surface area contributed by atoms with E-state index in [0.717, 1.165) is 10.1 Å². The Morgan fingerprint density at radius 2 is 2.35 bits per heavy atom. The summed E-state index contributed by atoms with van der Waals surface area (Å²) in [5.41, 5.74) is 0. The van der Waals surface area contributed by atoms with Gasteiger partial charge < -0.3 is 9.15 Å². The van der Waals surface area contributed by atoms with Crippen LogP contribution in [0.5, 0.6) is 0 Å². The normalized spacial score (nSPS) is 10.2. The van der Waals surface area contributed by atoms with Gasteiger partial charge >= 0.3 is 5.97 Å². The Bertz CT molecular complexity index is 582. The number of thioether (sulfide) groups is 1. The number of rotatable bonds is 6. The van der Waals surface area contributed by atoms with Crippen molar-refractivity contribution in [3.8, 4) is 0 Å². The molecule has 0 atom stereocenters. The van der Waals surface area contributed by atoms with Crippen LogP contribution in [0.1, 0.15) is 17.5 Å². The van der Waals surface area contributed by atoms with E-state index in [2.05, 4.69) is 15.5 Å². The Hall–Kier alpha value is -1.87. The second-order valence-electron chi connectivity index (χ2n) is 3.41. The second-order valence-corrected chi connectivity index (χ2v) is 5.90. The number of carbonyl (C=O) groups excluding carboxylic acids is 2. The van der Waals surface area contributed by atoms with Crippen molar-refractivity contribution in [3.05, 3.63) is 24.2 Å². The third-order valence-electron chi connectivity index (χ3n) is 1.98. The molecule has 7 nitrogen and oxygen atoms in total. The van der Waals surface area contributed by atoms with Crippen LogP contribution in [-0.4, -0.2) is 34.4 Å². The van der Waals surface area contributed by atoms with Crippen LogP contribution in [0.15, 0.2) is 27.2 Å². The third kappa shape index (κ3) is 4.07. The maximum atomic E-state index is 11.6. The molecule has 0 spiro atoms. The van der Waals surface area contributed by atoms with Gasteiger partial charge in [0.1, 0.15) is 0 Å². The van der Waals surface area contributed by atoms with Gasteiger partial charge in [-0.15, -0.1) is 10.2 Å². The zero-order valence-electron chi connectivity index (χ0n) is 10.5. The number of amides is 1. The largest absolute Gasteiger partial charge is 0.457 e. The zero-order valence-corrected chi connectivity index (χ0v) is 12.1. The summed E-state index contributed by atoms with van der Waals surface area (Å²) in [6.45, 7) is 1.59. The summed E-state index contributed by atoms with van der Waals surface area (Å²) in [5, 5.41) is 10.6. The Balaban J connectivity index is 1.78. The van der Waals surface area contributed by atoms with Crippen molar-refractivity contribution < 1.29 is 18.7 Å². The molecule has 0 unspecified atom stereocenters. The number of carbonyl (C=O) groups is 2. The minimum atomic E-state index is -0.690. The first-order valence-electron chi connectivity index (χ1n) is 5.66. The number of aromatic nitrogens is 2. The van der Waals surface area contributed by atoms with Crippen molar-refractivity contribution in [2.75, 3.05) is 17.7 Å². The van der Waals surface area contributed by atoms with Gasteiger partial charge in [-0.25, -0.2) is 4.79 Å². The molecule has 2 rings (SSSR count). The van der Waals surface area contributed by atoms with Crippen LogP contribution in [0, 0.1) is 0 Å². The molecule has 2 aromatic heterocycles. The average molecular weight is 313 g/mol. The van der Waals surface area contributed by atoms with E-state index in [1.54, 1.807) is 6.07 Å². The molecule has 20 heavy (non-hydrogen) atoms. The van der Waals surface area contributed by atoms with Crippen molar-refractivity contribution in [3.63, 3.8) is 0 Å². The molecular formula is C11H11N3O4S2. The zero-order chi connectivity index (χ0) is 14.4. The van der Waals surface area contributed by atoms with Gasteiger partial charge in [0.05, 0.1) is 6.26 Å². The van der Waals surface area contributed by atoms with Crippen molar-refractivity contribution in [2.45, 2.75) is 11.3 Å². The minimum Gasteiger partial charge on any atom is -0.457 e. The molecule has 1 amide bonds. The number of hydrogen-bond donors (Lipinski definition) is 1. The van der Waals surface area contributed by atoms with E-state index < -0.39 is 18.5 Å². The lowest BCUT2D eigenvalue weighted by atomic mass is 10.4. The fourth-order valence-electron chi connectivity index (χ4n) is 1.19. The van der Waals surface area contributed by atoms with E-state index in [1.165, 1.54) is 35.4 Å². The van der Waals surface area contributed by atoms with Crippen molar-refractivity contribution >= 4 is 40.1 Å². The van der Waals surface area contributed by atoms with Crippen molar-refractivity contribution in [1.82, 2.24) is 10.2 Å². The van der Waals surface area contributed by atoms with E-state index in [1.807, 2.05) is 6.92 Å². The van der Waals surface area contributed by atoms with Gasteiger partial charge in [-0.2, -0.15) is 0 Å². The highest BCUT2D eigenvalue weighted by Gasteiger charge is 2.14. The first kappa shape index (κ1) is 14.5. The van der Waals surface area contributed by atoms with Gasteiger partial charge in [-0.05, 0) is 17.9 Å². The van der Waals surface area contributed by atoms with E-state index in [0.29, 0.717) is 5.13 Å². The van der Waals surface area contributed by atoms with Crippen LogP contribution >= 0.6 is 23.1 Å². The topological polar surface area (TPSA) is 94.3 Å². The summed E-state index contributed by atoms with van der Waals surface area (Å²) in [4.78, 5) is 23.0. The van der Waals surface area contributed by atoms with Gasteiger partial charge in [-0.1, -0.05) is 30.0 Å². The molecule has 0 aliphatic rings. The number of hydrogen-bond acceptors (Lipinski definition) is 8. The molecule has 106 valence electrons. The van der Waals surface area contributed by atoms with Crippen LogP contribution in [0.2, 0.25) is 0 Å². The molecule has 0 aliphatic heterocycles. The van der Waals surface area contributed by atoms with Crippen molar-refractivity contribution in [1.29, 1.82) is 0 Å². The van der Waals surface area contributed by atoms with E-state index in [4.69, 9.17) is 9.15 Å². The number of anilines is 1. The monoisotopic (exact) mass is 313 g/mol. The molecule has 0 saturated carbocycles. The van der Waals surface area contributed by atoms with Gasteiger partial charge in [-0.3, -0.25) is 10.1 Å². The summed E-state index contributed by atoms with van der Waals surface area (Å²) in [6.07, 6.45) is 1.35. The Morgan fingerprint density at radius 3 is 3.05 bits per heavy atom. The Kier molecular flexibility index (Phi) is 5.13. The Morgan fingerprint density at radius 1 is 1.50 bits per heavy atom. The van der Waals surface area contributed by atoms with Crippen LogP contribution in [0.3, 0.4) is 0 Å². The molecule has 9 heteroatoms. The van der Waals surface area contributed by atoms with E-state index in [9.17, 15) is 9.59 Å². The van der Waals surface area contributed by atoms with Gasteiger partial charge in [0.2, 0.25) is 10.9 Å². The molecule has 0 bridgehead atoms. The fourth-order valence-corrected chi connectivity index (χ4v) is 2.86. The lowest BCUT2D eigenvalue weighted by molar-refractivity contribution is -0.119. The maximum Gasteiger partial charge on any atom is 0.374 e. The predicted octanol–water partition coefficient (Wildman–Crippen LogP) is 2.04. The lowest BCUT2D eigenvalue weighted by Gasteiger charge is -2.02. The SMILES string of the molecule is CCSc1nnc(NC(=O)COC(=O)c2ccco2)s1. The Labute approximate surface area is 122 Å². The fraction of sp³-hybridized carbons (Fsp3) is 0.273. The second kappa shape index (κ2) is 7.06. The smallest absolute Gasteiger partial charge is 0.374 e. The average Bonchev–Trinajstić information content (AvgIpc) is 3.08. The quantitative estimate of drug-likeness (QED) is 0.495. The summed E-state index contributed by atoms with van der Waals surface area (Å²) >= 11 is 2.80. The lowest BCUT2D eigenvalue weighted by Crippen LogP contribution is -2.20. The summed E-state index contributed by atoms with van der Waals surface area (Å²) < 4.78 is 10.4. The maximum absolute atomic E-state index is 11.6. The highest BCUT2D eigenvalue weighted by Crippen LogP contribution is 2.24.